The molecule has 0 atom stereocenters. The highest BCUT2D eigenvalue weighted by molar-refractivity contribution is 5.18. The molecule has 2 heteroatoms. The van der Waals surface area contributed by atoms with Gasteiger partial charge in [0, 0.05) is 11.4 Å². The number of aliphatic hydroxyl groups is 1. The Morgan fingerprint density at radius 3 is 2.38 bits per heavy atom. The summed E-state index contributed by atoms with van der Waals surface area (Å²) < 4.78 is 0. The van der Waals surface area contributed by atoms with Crippen LogP contribution in [0.2, 0.25) is 0 Å². The van der Waals surface area contributed by atoms with E-state index in [-0.39, 0.29) is 0 Å². The second-order valence-electron chi connectivity index (χ2n) is 4.55. The maximum atomic E-state index is 9.71. The first-order valence-electron chi connectivity index (χ1n) is 4.80. The second kappa shape index (κ2) is 3.54. The molecule has 0 aromatic carbocycles. The molecule has 1 aromatic rings. The van der Waals surface area contributed by atoms with Crippen molar-refractivity contribution in [1.82, 2.24) is 4.98 Å². The highest BCUT2D eigenvalue weighted by atomic mass is 16.3. The van der Waals surface area contributed by atoms with Gasteiger partial charge in [0.15, 0.2) is 0 Å². The number of hydrogen-bond donors (Lipinski definition) is 2. The average molecular weight is 181 g/mol. The van der Waals surface area contributed by atoms with Crippen LogP contribution in [0, 0.1) is 5.92 Å². The normalized spacial score (nSPS) is 12.5. The van der Waals surface area contributed by atoms with Gasteiger partial charge < -0.3 is 10.1 Å². The summed E-state index contributed by atoms with van der Waals surface area (Å²) in [5.74, 6) is 0.647. The summed E-state index contributed by atoms with van der Waals surface area (Å²) in [5, 5.41) is 9.71. The lowest BCUT2D eigenvalue weighted by atomic mass is 10.1. The lowest BCUT2D eigenvalue weighted by Gasteiger charge is -2.15. The molecule has 0 unspecified atom stereocenters. The van der Waals surface area contributed by atoms with Crippen LogP contribution in [-0.2, 0) is 12.0 Å². The molecule has 2 N–H and O–H groups in total. The summed E-state index contributed by atoms with van der Waals surface area (Å²) in [7, 11) is 0. The second-order valence-corrected chi connectivity index (χ2v) is 4.55. The minimum atomic E-state index is -0.755. The number of aromatic amines is 1. The first kappa shape index (κ1) is 10.3. The van der Waals surface area contributed by atoms with Gasteiger partial charge in [0.2, 0.25) is 0 Å². The van der Waals surface area contributed by atoms with Crippen LogP contribution < -0.4 is 0 Å². The smallest absolute Gasteiger partial charge is 0.0987 e. The van der Waals surface area contributed by atoms with Crippen molar-refractivity contribution in [2.45, 2.75) is 39.7 Å². The van der Waals surface area contributed by atoms with E-state index in [2.05, 4.69) is 18.8 Å². The molecule has 0 saturated heterocycles. The zero-order valence-electron chi connectivity index (χ0n) is 8.89. The zero-order valence-corrected chi connectivity index (χ0v) is 8.89. The number of nitrogens with one attached hydrogen (secondary N) is 1. The van der Waals surface area contributed by atoms with Crippen molar-refractivity contribution in [2.24, 2.45) is 5.92 Å². The third-order valence-corrected chi connectivity index (χ3v) is 2.03. The van der Waals surface area contributed by atoms with E-state index in [0.717, 1.165) is 12.1 Å². The van der Waals surface area contributed by atoms with Gasteiger partial charge >= 0.3 is 0 Å². The van der Waals surface area contributed by atoms with E-state index < -0.39 is 5.60 Å². The van der Waals surface area contributed by atoms with Crippen molar-refractivity contribution < 1.29 is 5.11 Å². The standard InChI is InChI=1S/C11H19NO/c1-8(2)7-9-5-6-10(12-9)11(3,4)13/h5-6,8,12-13H,7H2,1-4H3. The maximum Gasteiger partial charge on any atom is 0.0987 e. The topological polar surface area (TPSA) is 36.0 Å². The molecule has 1 aromatic heterocycles. The maximum absolute atomic E-state index is 9.71. The number of hydrogen-bond acceptors (Lipinski definition) is 1. The number of rotatable bonds is 3. The monoisotopic (exact) mass is 181 g/mol. The molecule has 13 heavy (non-hydrogen) atoms. The van der Waals surface area contributed by atoms with E-state index in [1.165, 1.54) is 5.69 Å². The summed E-state index contributed by atoms with van der Waals surface area (Å²) in [5.41, 5.74) is 1.34. The molecule has 0 radical (unpaired) electrons. The largest absolute Gasteiger partial charge is 0.384 e. The third-order valence-electron chi connectivity index (χ3n) is 2.03. The van der Waals surface area contributed by atoms with Gasteiger partial charge in [0.25, 0.3) is 0 Å². The molecular weight excluding hydrogens is 162 g/mol. The first-order chi connectivity index (χ1) is 5.89. The molecule has 0 aliphatic rings. The Balaban J connectivity index is 2.75. The summed E-state index contributed by atoms with van der Waals surface area (Å²) >= 11 is 0. The van der Waals surface area contributed by atoms with Crippen LogP contribution in [0.25, 0.3) is 0 Å². The fourth-order valence-corrected chi connectivity index (χ4v) is 1.36. The van der Waals surface area contributed by atoms with Crippen LogP contribution >= 0.6 is 0 Å². The van der Waals surface area contributed by atoms with E-state index in [0.29, 0.717) is 5.92 Å². The van der Waals surface area contributed by atoms with Gasteiger partial charge in [-0.05, 0) is 38.3 Å². The molecule has 2 nitrogen and oxygen atoms in total. The Morgan fingerprint density at radius 2 is 2.00 bits per heavy atom. The van der Waals surface area contributed by atoms with Crippen molar-refractivity contribution in [3.63, 3.8) is 0 Å². The summed E-state index contributed by atoms with van der Waals surface area (Å²) in [4.78, 5) is 3.23. The fraction of sp³-hybridized carbons (Fsp3) is 0.636. The molecule has 0 fully saturated rings. The van der Waals surface area contributed by atoms with Crippen LogP contribution in [0.4, 0.5) is 0 Å². The quantitative estimate of drug-likeness (QED) is 0.738. The van der Waals surface area contributed by atoms with Crippen molar-refractivity contribution in [3.8, 4) is 0 Å². The Morgan fingerprint density at radius 1 is 1.38 bits per heavy atom. The highest BCUT2D eigenvalue weighted by Crippen LogP contribution is 2.19. The molecule has 1 heterocycles. The minimum absolute atomic E-state index is 0.647. The van der Waals surface area contributed by atoms with Crippen LogP contribution in [0.3, 0.4) is 0 Å². The molecule has 1 rings (SSSR count). The van der Waals surface area contributed by atoms with Gasteiger partial charge in [-0.1, -0.05) is 13.8 Å². The average Bonchev–Trinajstić information content (AvgIpc) is 2.32. The van der Waals surface area contributed by atoms with E-state index in [1.54, 1.807) is 13.8 Å². The van der Waals surface area contributed by atoms with E-state index in [9.17, 15) is 5.11 Å². The van der Waals surface area contributed by atoms with Crippen molar-refractivity contribution in [3.05, 3.63) is 23.5 Å². The minimum Gasteiger partial charge on any atom is -0.384 e. The lowest BCUT2D eigenvalue weighted by molar-refractivity contribution is 0.0743. The molecule has 0 aliphatic carbocycles. The first-order valence-corrected chi connectivity index (χ1v) is 4.80. The van der Waals surface area contributed by atoms with Crippen molar-refractivity contribution in [2.75, 3.05) is 0 Å². The van der Waals surface area contributed by atoms with Crippen LogP contribution in [0.15, 0.2) is 12.1 Å². The summed E-state index contributed by atoms with van der Waals surface area (Å²) in [6.45, 7) is 7.95. The lowest BCUT2D eigenvalue weighted by Crippen LogP contribution is -2.16. The van der Waals surface area contributed by atoms with E-state index in [1.807, 2.05) is 12.1 Å². The van der Waals surface area contributed by atoms with Crippen molar-refractivity contribution in [1.29, 1.82) is 0 Å². The van der Waals surface area contributed by atoms with Gasteiger partial charge in [-0.25, -0.2) is 0 Å². The van der Waals surface area contributed by atoms with Crippen LogP contribution in [-0.4, -0.2) is 10.1 Å². The predicted octanol–water partition coefficient (Wildman–Crippen LogP) is 2.44. The Labute approximate surface area is 80.0 Å². The SMILES string of the molecule is CC(C)Cc1ccc(C(C)(C)O)[nH]1. The predicted molar refractivity (Wildman–Crippen MR) is 54.6 cm³/mol. The number of H-pyrrole nitrogens is 1. The molecule has 0 amide bonds. The fourth-order valence-electron chi connectivity index (χ4n) is 1.36. The molecular formula is C11H19NO. The third kappa shape index (κ3) is 2.88. The molecule has 0 saturated carbocycles. The van der Waals surface area contributed by atoms with Crippen LogP contribution in [0.1, 0.15) is 39.1 Å². The molecule has 0 bridgehead atoms. The zero-order chi connectivity index (χ0) is 10.1. The van der Waals surface area contributed by atoms with Gasteiger partial charge in [0.1, 0.15) is 0 Å². The Hall–Kier alpha value is -0.760. The Bertz CT molecular complexity index is 268. The van der Waals surface area contributed by atoms with Crippen molar-refractivity contribution >= 4 is 0 Å². The van der Waals surface area contributed by atoms with Gasteiger partial charge in [0.05, 0.1) is 5.60 Å². The highest BCUT2D eigenvalue weighted by Gasteiger charge is 2.17. The summed E-state index contributed by atoms with van der Waals surface area (Å²) in [6.07, 6.45) is 1.04. The van der Waals surface area contributed by atoms with Gasteiger partial charge in [-0.2, -0.15) is 0 Å². The molecule has 0 spiro atoms. The van der Waals surface area contributed by atoms with E-state index in [4.69, 9.17) is 0 Å². The van der Waals surface area contributed by atoms with Gasteiger partial charge in [-0.3, -0.25) is 0 Å². The van der Waals surface area contributed by atoms with Gasteiger partial charge in [-0.15, -0.1) is 0 Å². The number of aromatic nitrogens is 1. The van der Waals surface area contributed by atoms with Crippen LogP contribution in [0.5, 0.6) is 0 Å². The van der Waals surface area contributed by atoms with E-state index >= 15 is 0 Å². The molecule has 74 valence electrons. The summed E-state index contributed by atoms with van der Waals surface area (Å²) in [6, 6.07) is 4.00. The molecule has 0 aliphatic heterocycles. The Kier molecular flexibility index (Phi) is 2.81.